The molecule has 1 aliphatic carbocycles. The molecule has 0 spiro atoms. The van der Waals surface area contributed by atoms with Gasteiger partial charge in [0.05, 0.1) is 0 Å². The number of amides is 1. The van der Waals surface area contributed by atoms with E-state index < -0.39 is 5.60 Å². The van der Waals surface area contributed by atoms with Crippen LogP contribution in [-0.2, 0) is 12.8 Å². The van der Waals surface area contributed by atoms with Crippen molar-refractivity contribution < 1.29 is 14.4 Å². The summed E-state index contributed by atoms with van der Waals surface area (Å²) in [6, 6.07) is 5.71. The van der Waals surface area contributed by atoms with Gasteiger partial charge in [-0.1, -0.05) is 11.2 Å². The molecule has 0 aromatic carbocycles. The predicted octanol–water partition coefficient (Wildman–Crippen LogP) is 1.32. The van der Waals surface area contributed by atoms with Gasteiger partial charge in [0, 0.05) is 37.8 Å². The molecule has 1 fully saturated rings. The van der Waals surface area contributed by atoms with Gasteiger partial charge in [0.2, 0.25) is 0 Å². The van der Waals surface area contributed by atoms with Crippen LogP contribution < -0.4 is 10.2 Å². The minimum Gasteiger partial charge on any atom is -0.386 e. The van der Waals surface area contributed by atoms with Crippen LogP contribution in [0.1, 0.15) is 41.1 Å². The number of rotatable bonds is 4. The molecule has 4 rings (SSSR count). The Balaban J connectivity index is 1.38. The van der Waals surface area contributed by atoms with Crippen molar-refractivity contribution in [1.29, 1.82) is 0 Å². The molecule has 0 saturated carbocycles. The molecule has 1 unspecified atom stereocenters. The van der Waals surface area contributed by atoms with Crippen LogP contribution in [0.5, 0.6) is 0 Å². The predicted molar refractivity (Wildman–Crippen MR) is 91.5 cm³/mol. The standard InChI is InChI=1S/C18H22N4O3/c23-17(16-13-5-1-2-6-14(13)25-21-16)20-11-18(24)8-10-22(12-18)15-7-3-4-9-19-15/h3-4,7,9,24H,1-2,5-6,8,10-12H2,(H,20,23). The average Bonchev–Trinajstić information content (AvgIpc) is 3.25. The van der Waals surface area contributed by atoms with Gasteiger partial charge in [-0.25, -0.2) is 4.98 Å². The number of carbonyl (C=O) groups excluding carboxylic acids is 1. The maximum Gasteiger partial charge on any atom is 0.273 e. The topological polar surface area (TPSA) is 91.5 Å². The van der Waals surface area contributed by atoms with Crippen molar-refractivity contribution in [2.75, 3.05) is 24.5 Å². The van der Waals surface area contributed by atoms with Crippen LogP contribution in [-0.4, -0.2) is 46.4 Å². The highest BCUT2D eigenvalue weighted by atomic mass is 16.5. The van der Waals surface area contributed by atoms with Crippen molar-refractivity contribution in [1.82, 2.24) is 15.5 Å². The van der Waals surface area contributed by atoms with Gasteiger partial charge in [0.25, 0.3) is 5.91 Å². The van der Waals surface area contributed by atoms with Gasteiger partial charge >= 0.3 is 0 Å². The van der Waals surface area contributed by atoms with E-state index in [1.54, 1.807) is 6.20 Å². The summed E-state index contributed by atoms with van der Waals surface area (Å²) in [6.07, 6.45) is 6.13. The van der Waals surface area contributed by atoms with E-state index in [4.69, 9.17) is 4.52 Å². The molecular weight excluding hydrogens is 320 g/mol. The number of pyridine rings is 1. The molecule has 7 heteroatoms. The third-order valence-corrected chi connectivity index (χ3v) is 5.05. The quantitative estimate of drug-likeness (QED) is 0.871. The third kappa shape index (κ3) is 3.24. The lowest BCUT2D eigenvalue weighted by atomic mass is 9.96. The zero-order valence-electron chi connectivity index (χ0n) is 14.1. The smallest absolute Gasteiger partial charge is 0.273 e. The van der Waals surface area contributed by atoms with E-state index in [1.807, 2.05) is 23.1 Å². The molecule has 1 saturated heterocycles. The molecule has 0 radical (unpaired) electrons. The van der Waals surface area contributed by atoms with Crippen molar-refractivity contribution in [2.45, 2.75) is 37.7 Å². The molecule has 2 aliphatic rings. The first-order valence-corrected chi connectivity index (χ1v) is 8.79. The van der Waals surface area contributed by atoms with Crippen molar-refractivity contribution in [2.24, 2.45) is 0 Å². The number of aromatic nitrogens is 2. The Hall–Kier alpha value is -2.41. The minimum absolute atomic E-state index is 0.191. The van der Waals surface area contributed by atoms with E-state index in [0.717, 1.165) is 42.8 Å². The number of aliphatic hydroxyl groups is 1. The highest BCUT2D eigenvalue weighted by Crippen LogP contribution is 2.26. The van der Waals surface area contributed by atoms with E-state index in [1.165, 1.54) is 0 Å². The molecule has 2 aromatic heterocycles. The minimum atomic E-state index is -0.961. The number of aryl methyl sites for hydroxylation is 1. The summed E-state index contributed by atoms with van der Waals surface area (Å²) in [5.41, 5.74) is 0.340. The maximum absolute atomic E-state index is 12.5. The first kappa shape index (κ1) is 16.1. The van der Waals surface area contributed by atoms with E-state index in [9.17, 15) is 9.90 Å². The molecule has 7 nitrogen and oxygen atoms in total. The van der Waals surface area contributed by atoms with E-state index in [2.05, 4.69) is 15.5 Å². The molecular formula is C18H22N4O3. The second kappa shape index (κ2) is 6.48. The number of β-amino-alcohol motifs (C(OH)–C–C–N with tert-alkyl or cyclic N) is 1. The summed E-state index contributed by atoms with van der Waals surface area (Å²) >= 11 is 0. The Bertz CT molecular complexity index is 761. The molecule has 132 valence electrons. The number of hydrogen-bond donors (Lipinski definition) is 2. The summed E-state index contributed by atoms with van der Waals surface area (Å²) in [5.74, 6) is 1.41. The largest absolute Gasteiger partial charge is 0.386 e. The first-order chi connectivity index (χ1) is 12.1. The van der Waals surface area contributed by atoms with Gasteiger partial charge in [-0.15, -0.1) is 0 Å². The average molecular weight is 342 g/mol. The Morgan fingerprint density at radius 1 is 1.36 bits per heavy atom. The highest BCUT2D eigenvalue weighted by molar-refractivity contribution is 5.93. The van der Waals surface area contributed by atoms with Gasteiger partial charge in [-0.05, 0) is 37.8 Å². The zero-order valence-corrected chi connectivity index (χ0v) is 14.1. The van der Waals surface area contributed by atoms with Crippen molar-refractivity contribution in [3.8, 4) is 0 Å². The van der Waals surface area contributed by atoms with Crippen molar-refractivity contribution in [3.05, 3.63) is 41.4 Å². The lowest BCUT2D eigenvalue weighted by molar-refractivity contribution is 0.0572. The molecule has 0 bridgehead atoms. The normalized spacial score (nSPS) is 22.7. The van der Waals surface area contributed by atoms with Crippen LogP contribution in [0.15, 0.2) is 28.9 Å². The van der Waals surface area contributed by atoms with E-state index in [0.29, 0.717) is 25.2 Å². The Morgan fingerprint density at radius 2 is 2.24 bits per heavy atom. The number of carbonyl (C=O) groups is 1. The van der Waals surface area contributed by atoms with Crippen LogP contribution in [0, 0.1) is 0 Å². The number of nitrogens with one attached hydrogen (secondary N) is 1. The summed E-state index contributed by atoms with van der Waals surface area (Å²) < 4.78 is 5.29. The summed E-state index contributed by atoms with van der Waals surface area (Å²) in [4.78, 5) is 18.8. The van der Waals surface area contributed by atoms with E-state index in [-0.39, 0.29) is 12.5 Å². The van der Waals surface area contributed by atoms with Gasteiger partial charge in [0.15, 0.2) is 5.69 Å². The van der Waals surface area contributed by atoms with Crippen LogP contribution in [0.4, 0.5) is 5.82 Å². The second-order valence-corrected chi connectivity index (χ2v) is 6.91. The molecule has 2 aromatic rings. The van der Waals surface area contributed by atoms with Gasteiger partial charge in [-0.3, -0.25) is 4.79 Å². The molecule has 1 aliphatic heterocycles. The van der Waals surface area contributed by atoms with Gasteiger partial charge < -0.3 is 19.8 Å². The molecule has 3 heterocycles. The SMILES string of the molecule is O=C(NCC1(O)CCN(c2ccccn2)C1)c1noc2c1CCCC2. The Morgan fingerprint density at radius 3 is 3.08 bits per heavy atom. The van der Waals surface area contributed by atoms with Gasteiger partial charge in [0.1, 0.15) is 17.2 Å². The molecule has 1 atom stereocenters. The number of fused-ring (bicyclic) bond motifs is 1. The first-order valence-electron chi connectivity index (χ1n) is 8.79. The maximum atomic E-state index is 12.5. The molecule has 2 N–H and O–H groups in total. The number of anilines is 1. The fourth-order valence-corrected chi connectivity index (χ4v) is 3.63. The molecule has 25 heavy (non-hydrogen) atoms. The Kier molecular flexibility index (Phi) is 4.17. The van der Waals surface area contributed by atoms with Crippen LogP contribution in [0.25, 0.3) is 0 Å². The highest BCUT2D eigenvalue weighted by Gasteiger charge is 2.37. The number of hydrogen-bond acceptors (Lipinski definition) is 6. The molecule has 1 amide bonds. The van der Waals surface area contributed by atoms with E-state index >= 15 is 0 Å². The van der Waals surface area contributed by atoms with Crippen LogP contribution in [0.3, 0.4) is 0 Å². The van der Waals surface area contributed by atoms with Crippen LogP contribution >= 0.6 is 0 Å². The summed E-state index contributed by atoms with van der Waals surface area (Å²) in [6.45, 7) is 1.35. The lowest BCUT2D eigenvalue weighted by Crippen LogP contribution is -2.45. The fourth-order valence-electron chi connectivity index (χ4n) is 3.63. The fraction of sp³-hybridized carbons (Fsp3) is 0.500. The van der Waals surface area contributed by atoms with Crippen LogP contribution in [0.2, 0.25) is 0 Å². The van der Waals surface area contributed by atoms with Crippen molar-refractivity contribution >= 4 is 11.7 Å². The zero-order chi connectivity index (χ0) is 17.3. The van der Waals surface area contributed by atoms with Gasteiger partial charge in [-0.2, -0.15) is 0 Å². The number of nitrogens with zero attached hydrogens (tertiary/aromatic N) is 3. The summed E-state index contributed by atoms with van der Waals surface area (Å²) in [5, 5.41) is 17.6. The monoisotopic (exact) mass is 342 g/mol. The lowest BCUT2D eigenvalue weighted by Gasteiger charge is -2.24. The van der Waals surface area contributed by atoms with Crippen molar-refractivity contribution in [3.63, 3.8) is 0 Å². The summed E-state index contributed by atoms with van der Waals surface area (Å²) in [7, 11) is 0. The third-order valence-electron chi connectivity index (χ3n) is 5.05. The Labute approximate surface area is 146 Å². The second-order valence-electron chi connectivity index (χ2n) is 6.91.